The lowest BCUT2D eigenvalue weighted by atomic mass is 10.2. The van der Waals surface area contributed by atoms with Crippen LogP contribution in [0, 0.1) is 0 Å². The zero-order valence-electron chi connectivity index (χ0n) is 14.2. The molecule has 1 heterocycles. The molecule has 2 rings (SSSR count). The van der Waals surface area contributed by atoms with E-state index in [2.05, 4.69) is 10.3 Å². The number of anilines is 2. The van der Waals surface area contributed by atoms with Crippen molar-refractivity contribution in [2.75, 3.05) is 38.5 Å². The van der Waals surface area contributed by atoms with Crippen LogP contribution in [0.1, 0.15) is 5.56 Å². The van der Waals surface area contributed by atoms with E-state index in [1.54, 1.807) is 38.6 Å². The van der Waals surface area contributed by atoms with Gasteiger partial charge in [0.25, 0.3) is 0 Å². The highest BCUT2D eigenvalue weighted by atomic mass is 16.5. The van der Waals surface area contributed by atoms with Gasteiger partial charge in [-0.1, -0.05) is 0 Å². The SMILES string of the molecule is COc1cc(/C=C/C(=O)Nc2cccnc2N(C)C)cc(OC)c1. The lowest BCUT2D eigenvalue weighted by molar-refractivity contribution is -0.111. The Kier molecular flexibility index (Phi) is 5.78. The summed E-state index contributed by atoms with van der Waals surface area (Å²) in [6, 6.07) is 9.00. The molecule has 1 aromatic carbocycles. The molecule has 0 fully saturated rings. The highest BCUT2D eigenvalue weighted by molar-refractivity contribution is 6.03. The Hall–Kier alpha value is -3.02. The summed E-state index contributed by atoms with van der Waals surface area (Å²) in [7, 11) is 6.91. The summed E-state index contributed by atoms with van der Waals surface area (Å²) in [6.45, 7) is 0. The first-order valence-electron chi connectivity index (χ1n) is 7.38. The van der Waals surface area contributed by atoms with Gasteiger partial charge >= 0.3 is 0 Å². The minimum atomic E-state index is -0.243. The molecule has 1 aromatic heterocycles. The molecule has 0 spiro atoms. The molecule has 0 aliphatic rings. The van der Waals surface area contributed by atoms with E-state index in [1.165, 1.54) is 6.08 Å². The quantitative estimate of drug-likeness (QED) is 0.827. The van der Waals surface area contributed by atoms with Gasteiger partial charge in [0.15, 0.2) is 5.82 Å². The minimum Gasteiger partial charge on any atom is -0.497 e. The molecular formula is C18H21N3O3. The normalized spacial score (nSPS) is 10.5. The number of aromatic nitrogens is 1. The zero-order chi connectivity index (χ0) is 17.5. The fourth-order valence-electron chi connectivity index (χ4n) is 2.12. The van der Waals surface area contributed by atoms with Gasteiger partial charge in [0, 0.05) is 32.4 Å². The molecule has 2 aromatic rings. The van der Waals surface area contributed by atoms with Crippen molar-refractivity contribution in [1.82, 2.24) is 4.98 Å². The van der Waals surface area contributed by atoms with E-state index in [-0.39, 0.29) is 5.91 Å². The Morgan fingerprint density at radius 2 is 1.83 bits per heavy atom. The van der Waals surface area contributed by atoms with Crippen LogP contribution in [-0.2, 0) is 4.79 Å². The molecule has 0 atom stereocenters. The summed E-state index contributed by atoms with van der Waals surface area (Å²) < 4.78 is 10.4. The third kappa shape index (κ3) is 4.49. The van der Waals surface area contributed by atoms with Crippen LogP contribution < -0.4 is 19.7 Å². The molecule has 0 saturated carbocycles. The molecule has 0 saturated heterocycles. The number of pyridine rings is 1. The number of carbonyl (C=O) groups is 1. The van der Waals surface area contributed by atoms with E-state index in [0.717, 1.165) is 5.56 Å². The molecule has 126 valence electrons. The number of hydrogen-bond acceptors (Lipinski definition) is 5. The van der Waals surface area contributed by atoms with Crippen LogP contribution in [0.2, 0.25) is 0 Å². The summed E-state index contributed by atoms with van der Waals surface area (Å²) in [6.07, 6.45) is 4.84. The van der Waals surface area contributed by atoms with Crippen LogP contribution in [0.4, 0.5) is 11.5 Å². The largest absolute Gasteiger partial charge is 0.497 e. The smallest absolute Gasteiger partial charge is 0.248 e. The van der Waals surface area contributed by atoms with Crippen LogP contribution in [0.3, 0.4) is 0 Å². The third-order valence-corrected chi connectivity index (χ3v) is 3.27. The maximum atomic E-state index is 12.2. The Labute approximate surface area is 141 Å². The van der Waals surface area contributed by atoms with Crippen LogP contribution in [0.5, 0.6) is 11.5 Å². The number of methoxy groups -OCH3 is 2. The third-order valence-electron chi connectivity index (χ3n) is 3.27. The van der Waals surface area contributed by atoms with Crippen LogP contribution in [0.15, 0.2) is 42.6 Å². The molecule has 0 aliphatic carbocycles. The van der Waals surface area contributed by atoms with E-state index in [9.17, 15) is 4.79 Å². The van der Waals surface area contributed by atoms with Crippen molar-refractivity contribution in [1.29, 1.82) is 0 Å². The molecule has 6 nitrogen and oxygen atoms in total. The van der Waals surface area contributed by atoms with Crippen molar-refractivity contribution in [2.24, 2.45) is 0 Å². The highest BCUT2D eigenvalue weighted by Gasteiger charge is 2.07. The topological polar surface area (TPSA) is 63.7 Å². The first-order valence-corrected chi connectivity index (χ1v) is 7.38. The maximum Gasteiger partial charge on any atom is 0.248 e. The van der Waals surface area contributed by atoms with Crippen molar-refractivity contribution >= 4 is 23.5 Å². The number of hydrogen-bond donors (Lipinski definition) is 1. The van der Waals surface area contributed by atoms with E-state index in [1.807, 2.05) is 37.2 Å². The van der Waals surface area contributed by atoms with E-state index >= 15 is 0 Å². The number of carbonyl (C=O) groups excluding carboxylic acids is 1. The summed E-state index contributed by atoms with van der Waals surface area (Å²) in [5, 5.41) is 2.83. The average Bonchev–Trinajstić information content (AvgIpc) is 2.59. The van der Waals surface area contributed by atoms with Gasteiger partial charge in [-0.2, -0.15) is 0 Å². The molecule has 0 radical (unpaired) electrons. The number of amides is 1. The summed E-state index contributed by atoms with van der Waals surface area (Å²) in [4.78, 5) is 18.3. The monoisotopic (exact) mass is 327 g/mol. The Balaban J connectivity index is 2.14. The fraction of sp³-hybridized carbons (Fsp3) is 0.222. The predicted octanol–water partition coefficient (Wildman–Crippen LogP) is 2.82. The van der Waals surface area contributed by atoms with Crippen LogP contribution in [0.25, 0.3) is 6.08 Å². The second-order valence-corrected chi connectivity index (χ2v) is 5.24. The van der Waals surface area contributed by atoms with Gasteiger partial charge in [-0.05, 0) is 35.9 Å². The van der Waals surface area contributed by atoms with Gasteiger partial charge in [-0.15, -0.1) is 0 Å². The second-order valence-electron chi connectivity index (χ2n) is 5.24. The van der Waals surface area contributed by atoms with Gasteiger partial charge in [0.2, 0.25) is 5.91 Å². The highest BCUT2D eigenvalue weighted by Crippen LogP contribution is 2.23. The molecule has 1 N–H and O–H groups in total. The lowest BCUT2D eigenvalue weighted by Gasteiger charge is -2.15. The predicted molar refractivity (Wildman–Crippen MR) is 95.8 cm³/mol. The number of ether oxygens (including phenoxy) is 2. The minimum absolute atomic E-state index is 0.243. The number of nitrogens with zero attached hydrogens (tertiary/aromatic N) is 2. The van der Waals surface area contributed by atoms with Gasteiger partial charge in [-0.25, -0.2) is 4.98 Å². The molecule has 6 heteroatoms. The number of nitrogens with one attached hydrogen (secondary N) is 1. The molecule has 24 heavy (non-hydrogen) atoms. The van der Waals surface area contributed by atoms with E-state index in [0.29, 0.717) is 23.0 Å². The molecule has 0 bridgehead atoms. The van der Waals surface area contributed by atoms with Crippen LogP contribution in [-0.4, -0.2) is 39.2 Å². The first kappa shape index (κ1) is 17.3. The van der Waals surface area contributed by atoms with Crippen LogP contribution >= 0.6 is 0 Å². The van der Waals surface area contributed by atoms with Gasteiger partial charge in [0.1, 0.15) is 11.5 Å². The summed E-state index contributed by atoms with van der Waals surface area (Å²) in [5.74, 6) is 1.78. The number of benzene rings is 1. The average molecular weight is 327 g/mol. The molecule has 0 unspecified atom stereocenters. The van der Waals surface area contributed by atoms with Crippen molar-refractivity contribution < 1.29 is 14.3 Å². The van der Waals surface area contributed by atoms with E-state index in [4.69, 9.17) is 9.47 Å². The number of rotatable bonds is 6. The fourth-order valence-corrected chi connectivity index (χ4v) is 2.12. The molecular weight excluding hydrogens is 306 g/mol. The molecule has 0 aliphatic heterocycles. The summed E-state index contributed by atoms with van der Waals surface area (Å²) >= 11 is 0. The maximum absolute atomic E-state index is 12.2. The Morgan fingerprint density at radius 3 is 2.42 bits per heavy atom. The van der Waals surface area contributed by atoms with Gasteiger partial charge < -0.3 is 19.7 Å². The van der Waals surface area contributed by atoms with Crippen molar-refractivity contribution in [3.8, 4) is 11.5 Å². The lowest BCUT2D eigenvalue weighted by Crippen LogP contribution is -2.16. The van der Waals surface area contributed by atoms with Gasteiger partial charge in [-0.3, -0.25) is 4.79 Å². The zero-order valence-corrected chi connectivity index (χ0v) is 14.2. The van der Waals surface area contributed by atoms with Gasteiger partial charge in [0.05, 0.1) is 19.9 Å². The molecule has 1 amide bonds. The van der Waals surface area contributed by atoms with E-state index < -0.39 is 0 Å². The van der Waals surface area contributed by atoms with Crippen molar-refractivity contribution in [2.45, 2.75) is 0 Å². The van der Waals surface area contributed by atoms with Crippen molar-refractivity contribution in [3.63, 3.8) is 0 Å². The standard InChI is InChI=1S/C18H21N3O3/c1-21(2)18-16(6-5-9-19-18)20-17(22)8-7-13-10-14(23-3)12-15(11-13)24-4/h5-12H,1-4H3,(H,20,22)/b8-7+. The Bertz CT molecular complexity index is 720. The summed E-state index contributed by atoms with van der Waals surface area (Å²) in [5.41, 5.74) is 1.46. The second kappa shape index (κ2) is 8.01. The first-order chi connectivity index (χ1) is 11.5. The van der Waals surface area contributed by atoms with Crippen molar-refractivity contribution in [3.05, 3.63) is 48.2 Å². The Morgan fingerprint density at radius 1 is 1.17 bits per heavy atom.